The van der Waals surface area contributed by atoms with Crippen LogP contribution < -0.4 is 5.32 Å². The van der Waals surface area contributed by atoms with Crippen LogP contribution in [0.4, 0.5) is 11.5 Å². The zero-order valence-corrected chi connectivity index (χ0v) is 11.1. The minimum absolute atomic E-state index is 0.0534. The van der Waals surface area contributed by atoms with Crippen molar-refractivity contribution >= 4 is 29.0 Å². The molecule has 1 N–H and O–H groups in total. The van der Waals surface area contributed by atoms with Gasteiger partial charge in [-0.1, -0.05) is 11.6 Å². The Bertz CT molecular complexity index is 644. The predicted molar refractivity (Wildman–Crippen MR) is 71.5 cm³/mol. The van der Waals surface area contributed by atoms with E-state index in [0.717, 1.165) is 0 Å². The first-order chi connectivity index (χ1) is 9.49. The van der Waals surface area contributed by atoms with Crippen LogP contribution in [0.5, 0.6) is 0 Å². The molecule has 2 rings (SSSR count). The van der Waals surface area contributed by atoms with Gasteiger partial charge in [-0.05, 0) is 19.1 Å². The van der Waals surface area contributed by atoms with Crippen LogP contribution in [0, 0.1) is 10.1 Å². The van der Waals surface area contributed by atoms with Gasteiger partial charge in [0.2, 0.25) is 11.7 Å². The molecule has 0 aliphatic heterocycles. The van der Waals surface area contributed by atoms with Gasteiger partial charge in [-0.25, -0.2) is 4.98 Å². The lowest BCUT2D eigenvalue weighted by atomic mass is 10.3. The second kappa shape index (κ2) is 5.66. The topological polar surface area (TPSA) is 103 Å². The van der Waals surface area contributed by atoms with E-state index in [0.29, 0.717) is 0 Å². The highest BCUT2D eigenvalue weighted by Crippen LogP contribution is 2.24. The molecule has 20 heavy (non-hydrogen) atoms. The van der Waals surface area contributed by atoms with Crippen LogP contribution in [-0.2, 0) is 4.79 Å². The van der Waals surface area contributed by atoms with E-state index in [2.05, 4.69) is 15.4 Å². The first-order valence-electron chi connectivity index (χ1n) is 5.60. The Balaban J connectivity index is 2.23. The maximum absolute atomic E-state index is 12.0. The summed E-state index contributed by atoms with van der Waals surface area (Å²) in [6.45, 7) is 1.61. The fraction of sp³-hybridized carbons (Fsp3) is 0.182. The maximum atomic E-state index is 12.0. The SMILES string of the molecule is CC(C(=O)Nc1nc(Cl)ccc1[N+](=O)[O-])n1cccn1. The van der Waals surface area contributed by atoms with Gasteiger partial charge in [-0.2, -0.15) is 5.10 Å². The number of aromatic nitrogens is 3. The number of carbonyl (C=O) groups excluding carboxylic acids is 1. The summed E-state index contributed by atoms with van der Waals surface area (Å²) in [6.07, 6.45) is 3.15. The molecule has 0 bridgehead atoms. The Labute approximate surface area is 118 Å². The molecule has 1 atom stereocenters. The molecular weight excluding hydrogens is 286 g/mol. The van der Waals surface area contributed by atoms with E-state index >= 15 is 0 Å². The molecule has 0 spiro atoms. The number of nitro groups is 1. The molecule has 0 aromatic carbocycles. The average molecular weight is 296 g/mol. The zero-order chi connectivity index (χ0) is 14.7. The second-order valence-corrected chi connectivity index (χ2v) is 4.30. The third-order valence-electron chi connectivity index (χ3n) is 2.58. The summed E-state index contributed by atoms with van der Waals surface area (Å²) in [7, 11) is 0. The molecule has 9 heteroatoms. The van der Waals surface area contributed by atoms with Crippen molar-refractivity contribution in [2.75, 3.05) is 5.32 Å². The molecular formula is C11H10ClN5O3. The third kappa shape index (κ3) is 2.91. The Morgan fingerprint density at radius 2 is 2.30 bits per heavy atom. The van der Waals surface area contributed by atoms with E-state index in [1.54, 1.807) is 19.2 Å². The Morgan fingerprint density at radius 3 is 2.90 bits per heavy atom. The van der Waals surface area contributed by atoms with E-state index < -0.39 is 16.9 Å². The number of hydrogen-bond acceptors (Lipinski definition) is 5. The number of nitrogens with one attached hydrogen (secondary N) is 1. The molecule has 0 radical (unpaired) electrons. The molecule has 1 amide bonds. The zero-order valence-electron chi connectivity index (χ0n) is 10.4. The third-order valence-corrected chi connectivity index (χ3v) is 2.79. The van der Waals surface area contributed by atoms with Crippen LogP contribution in [0.3, 0.4) is 0 Å². The standard InChI is InChI=1S/C11H10ClN5O3/c1-7(16-6-2-5-13-16)11(18)15-10-8(17(19)20)3-4-9(12)14-10/h2-7H,1H3,(H,14,15,18). The molecule has 2 aromatic heterocycles. The molecule has 2 heterocycles. The Hall–Kier alpha value is -2.48. The molecule has 0 aliphatic carbocycles. The highest BCUT2D eigenvalue weighted by atomic mass is 35.5. The van der Waals surface area contributed by atoms with E-state index in [1.165, 1.54) is 23.0 Å². The average Bonchev–Trinajstić information content (AvgIpc) is 2.91. The lowest BCUT2D eigenvalue weighted by molar-refractivity contribution is -0.384. The Morgan fingerprint density at radius 1 is 1.55 bits per heavy atom. The fourth-order valence-corrected chi connectivity index (χ4v) is 1.67. The number of anilines is 1. The highest BCUT2D eigenvalue weighted by Gasteiger charge is 2.21. The number of amides is 1. The maximum Gasteiger partial charge on any atom is 0.311 e. The van der Waals surface area contributed by atoms with Gasteiger partial charge in [-0.15, -0.1) is 0 Å². The lowest BCUT2D eigenvalue weighted by Gasteiger charge is -2.12. The quantitative estimate of drug-likeness (QED) is 0.528. The van der Waals surface area contributed by atoms with Crippen molar-refractivity contribution in [2.24, 2.45) is 0 Å². The van der Waals surface area contributed by atoms with Gasteiger partial charge in [0.1, 0.15) is 11.2 Å². The van der Waals surface area contributed by atoms with Crippen molar-refractivity contribution in [3.05, 3.63) is 45.9 Å². The summed E-state index contributed by atoms with van der Waals surface area (Å²) in [5.74, 6) is -0.668. The summed E-state index contributed by atoms with van der Waals surface area (Å²) in [5.41, 5.74) is -0.324. The fourth-order valence-electron chi connectivity index (χ4n) is 1.52. The van der Waals surface area contributed by atoms with Crippen LogP contribution in [0.1, 0.15) is 13.0 Å². The molecule has 1 unspecified atom stereocenters. The Kier molecular flexibility index (Phi) is 3.94. The molecule has 104 valence electrons. The van der Waals surface area contributed by atoms with Gasteiger partial charge in [0.05, 0.1) is 4.92 Å². The van der Waals surface area contributed by atoms with Crippen molar-refractivity contribution in [1.82, 2.24) is 14.8 Å². The summed E-state index contributed by atoms with van der Waals surface area (Å²) >= 11 is 5.68. The van der Waals surface area contributed by atoms with Gasteiger partial charge in [0.15, 0.2) is 0 Å². The van der Waals surface area contributed by atoms with Crippen molar-refractivity contribution in [2.45, 2.75) is 13.0 Å². The second-order valence-electron chi connectivity index (χ2n) is 3.91. The number of pyridine rings is 1. The van der Waals surface area contributed by atoms with Gasteiger partial charge in [0, 0.05) is 18.5 Å². The smallest absolute Gasteiger partial charge is 0.303 e. The molecule has 0 saturated carbocycles. The van der Waals surface area contributed by atoms with Crippen LogP contribution in [0.2, 0.25) is 5.15 Å². The minimum atomic E-state index is -0.641. The number of halogens is 1. The number of hydrogen-bond donors (Lipinski definition) is 1. The van der Waals surface area contributed by atoms with Crippen molar-refractivity contribution in [3.8, 4) is 0 Å². The van der Waals surface area contributed by atoms with Gasteiger partial charge < -0.3 is 5.32 Å². The van der Waals surface area contributed by atoms with Crippen LogP contribution >= 0.6 is 11.6 Å². The van der Waals surface area contributed by atoms with Crippen LogP contribution in [0.25, 0.3) is 0 Å². The minimum Gasteiger partial charge on any atom is -0.303 e. The number of rotatable bonds is 4. The predicted octanol–water partition coefficient (Wildman–Crippen LogP) is 2.04. The normalized spacial score (nSPS) is 11.9. The van der Waals surface area contributed by atoms with Gasteiger partial charge in [-0.3, -0.25) is 19.6 Å². The molecule has 0 fully saturated rings. The first kappa shape index (κ1) is 13.9. The molecule has 8 nitrogen and oxygen atoms in total. The first-order valence-corrected chi connectivity index (χ1v) is 5.98. The molecule has 0 saturated heterocycles. The summed E-state index contributed by atoms with van der Waals surface area (Å²) in [5, 5.41) is 17.2. The monoisotopic (exact) mass is 295 g/mol. The number of nitrogens with zero attached hydrogens (tertiary/aromatic N) is 4. The van der Waals surface area contributed by atoms with Gasteiger partial charge >= 0.3 is 5.69 Å². The van der Waals surface area contributed by atoms with E-state index in [4.69, 9.17) is 11.6 Å². The van der Waals surface area contributed by atoms with E-state index in [9.17, 15) is 14.9 Å². The van der Waals surface area contributed by atoms with Crippen molar-refractivity contribution < 1.29 is 9.72 Å². The van der Waals surface area contributed by atoms with Crippen LogP contribution in [0.15, 0.2) is 30.6 Å². The summed E-state index contributed by atoms with van der Waals surface area (Å²) < 4.78 is 1.42. The van der Waals surface area contributed by atoms with E-state index in [-0.39, 0.29) is 16.7 Å². The number of carbonyl (C=O) groups is 1. The van der Waals surface area contributed by atoms with Crippen molar-refractivity contribution in [3.63, 3.8) is 0 Å². The highest BCUT2D eigenvalue weighted by molar-refractivity contribution is 6.29. The lowest BCUT2D eigenvalue weighted by Crippen LogP contribution is -2.24. The van der Waals surface area contributed by atoms with Crippen LogP contribution in [-0.4, -0.2) is 25.6 Å². The van der Waals surface area contributed by atoms with Gasteiger partial charge in [0.25, 0.3) is 0 Å². The summed E-state index contributed by atoms with van der Waals surface area (Å²) in [6, 6.07) is 3.50. The molecule has 2 aromatic rings. The molecule has 0 aliphatic rings. The van der Waals surface area contributed by atoms with Crippen molar-refractivity contribution in [1.29, 1.82) is 0 Å². The largest absolute Gasteiger partial charge is 0.311 e. The summed E-state index contributed by atoms with van der Waals surface area (Å²) in [4.78, 5) is 26.0. The van der Waals surface area contributed by atoms with E-state index in [1.807, 2.05) is 0 Å².